The van der Waals surface area contributed by atoms with Gasteiger partial charge in [-0.1, -0.05) is 13.8 Å². The Balaban J connectivity index is 1.51. The highest BCUT2D eigenvalue weighted by atomic mass is 16.6. The average molecular weight is 318 g/mol. The van der Waals surface area contributed by atoms with Crippen LogP contribution in [0.2, 0.25) is 0 Å². The van der Waals surface area contributed by atoms with Gasteiger partial charge in [-0.15, -0.1) is 0 Å². The molecule has 5 fully saturated rings. The second-order valence-corrected chi connectivity index (χ2v) is 9.96. The van der Waals surface area contributed by atoms with E-state index in [1.54, 1.807) is 0 Å². The number of epoxide rings is 1. The van der Waals surface area contributed by atoms with Crippen molar-refractivity contribution in [3.05, 3.63) is 0 Å². The van der Waals surface area contributed by atoms with E-state index in [1.165, 1.54) is 19.3 Å². The zero-order valence-corrected chi connectivity index (χ0v) is 14.7. The van der Waals surface area contributed by atoms with Crippen LogP contribution < -0.4 is 0 Å². The van der Waals surface area contributed by atoms with Crippen molar-refractivity contribution in [3.8, 4) is 0 Å². The molecular formula is C20H30O3. The lowest BCUT2D eigenvalue weighted by Crippen LogP contribution is -2.59. The summed E-state index contributed by atoms with van der Waals surface area (Å²) in [6, 6.07) is 0. The maximum atomic E-state index is 12.1. The van der Waals surface area contributed by atoms with Crippen LogP contribution in [0.25, 0.3) is 0 Å². The van der Waals surface area contributed by atoms with Crippen LogP contribution >= 0.6 is 0 Å². The number of fused-ring (bicyclic) bond motifs is 4. The predicted octanol–water partition coefficient (Wildman–Crippen LogP) is 3.48. The van der Waals surface area contributed by atoms with E-state index >= 15 is 0 Å². The summed E-state index contributed by atoms with van der Waals surface area (Å²) in [7, 11) is 0. The van der Waals surface area contributed by atoms with E-state index in [1.807, 2.05) is 0 Å². The third kappa shape index (κ3) is 1.49. The van der Waals surface area contributed by atoms with Crippen LogP contribution in [0.15, 0.2) is 0 Å². The number of carbonyl (C=O) groups is 1. The molecule has 1 aliphatic heterocycles. The van der Waals surface area contributed by atoms with Gasteiger partial charge in [-0.05, 0) is 75.0 Å². The van der Waals surface area contributed by atoms with E-state index in [0.717, 1.165) is 31.6 Å². The van der Waals surface area contributed by atoms with Gasteiger partial charge in [-0.2, -0.15) is 0 Å². The van der Waals surface area contributed by atoms with E-state index in [0.29, 0.717) is 24.0 Å². The van der Waals surface area contributed by atoms with Crippen molar-refractivity contribution in [2.75, 3.05) is 0 Å². The third-order valence-electron chi connectivity index (χ3n) is 9.51. The Morgan fingerprint density at radius 2 is 1.65 bits per heavy atom. The van der Waals surface area contributed by atoms with Crippen molar-refractivity contribution in [2.45, 2.75) is 89.4 Å². The molecule has 0 bridgehead atoms. The smallest absolute Gasteiger partial charge is 0.164 e. The molecule has 1 spiro atoms. The zero-order valence-electron chi connectivity index (χ0n) is 14.7. The number of aliphatic hydroxyl groups is 1. The Morgan fingerprint density at radius 1 is 0.957 bits per heavy atom. The monoisotopic (exact) mass is 318 g/mol. The van der Waals surface area contributed by atoms with E-state index in [4.69, 9.17) is 4.74 Å². The van der Waals surface area contributed by atoms with Crippen molar-refractivity contribution in [3.63, 3.8) is 0 Å². The fourth-order valence-electron chi connectivity index (χ4n) is 7.74. The first kappa shape index (κ1) is 14.9. The van der Waals surface area contributed by atoms with Gasteiger partial charge in [0.2, 0.25) is 0 Å². The number of Topliss-reactive ketones (excluding diaryl/α,β-unsaturated/α-hetero) is 1. The summed E-state index contributed by atoms with van der Waals surface area (Å²) >= 11 is 0. The fourth-order valence-corrected chi connectivity index (χ4v) is 7.74. The lowest BCUT2D eigenvalue weighted by atomic mass is 9.44. The first-order chi connectivity index (χ1) is 10.8. The Kier molecular flexibility index (Phi) is 2.62. The lowest BCUT2D eigenvalue weighted by molar-refractivity contribution is -0.148. The van der Waals surface area contributed by atoms with Crippen LogP contribution in [0, 0.1) is 28.6 Å². The maximum Gasteiger partial charge on any atom is 0.164 e. The third-order valence-corrected chi connectivity index (χ3v) is 9.51. The SMILES string of the molecule is C[C@]1(O)CC[C@H]2[C@@H]3CCC45OC4C(=O)CC[C@]5(C)[C@H]3CC[C@@]21C. The summed E-state index contributed by atoms with van der Waals surface area (Å²) in [4.78, 5) is 12.1. The Labute approximate surface area is 139 Å². The highest BCUT2D eigenvalue weighted by Gasteiger charge is 2.76. The minimum Gasteiger partial charge on any atom is -0.390 e. The van der Waals surface area contributed by atoms with E-state index in [2.05, 4.69) is 20.8 Å². The molecule has 23 heavy (non-hydrogen) atoms. The molecule has 0 aromatic heterocycles. The van der Waals surface area contributed by atoms with Gasteiger partial charge in [0.05, 0.1) is 5.60 Å². The maximum absolute atomic E-state index is 12.1. The van der Waals surface area contributed by atoms with Gasteiger partial charge < -0.3 is 9.84 Å². The van der Waals surface area contributed by atoms with Crippen LogP contribution in [0.3, 0.4) is 0 Å². The molecule has 2 unspecified atom stereocenters. The zero-order chi connectivity index (χ0) is 16.3. The van der Waals surface area contributed by atoms with Crippen molar-refractivity contribution in [1.82, 2.24) is 0 Å². The quantitative estimate of drug-likeness (QED) is 0.696. The van der Waals surface area contributed by atoms with E-state index in [9.17, 15) is 9.90 Å². The molecule has 1 heterocycles. The van der Waals surface area contributed by atoms with Crippen molar-refractivity contribution in [2.24, 2.45) is 28.6 Å². The van der Waals surface area contributed by atoms with Crippen LogP contribution in [0.1, 0.15) is 72.1 Å². The number of ketones is 1. The fraction of sp³-hybridized carbons (Fsp3) is 0.950. The molecule has 8 atom stereocenters. The number of hydrogen-bond donors (Lipinski definition) is 1. The number of carbonyl (C=O) groups excluding carboxylic acids is 1. The van der Waals surface area contributed by atoms with Gasteiger partial charge in [0.1, 0.15) is 11.7 Å². The first-order valence-electron chi connectivity index (χ1n) is 9.68. The Bertz CT molecular complexity index is 583. The standard InChI is InChI=1S/C20H30O3/c1-17-8-5-14-12(13(17)6-10-19(17,3)22)4-11-20-16(23-20)15(21)7-9-18(14,20)2/h12-14,16,22H,4-11H2,1-3H3/t12-,13-,14-,16?,17-,18+,19-,20?/m0/s1. The molecule has 3 heteroatoms. The summed E-state index contributed by atoms with van der Waals surface area (Å²) in [5.41, 5.74) is -0.341. The summed E-state index contributed by atoms with van der Waals surface area (Å²) in [5.74, 6) is 2.41. The molecular weight excluding hydrogens is 288 g/mol. The van der Waals surface area contributed by atoms with Gasteiger partial charge in [-0.25, -0.2) is 0 Å². The minimum absolute atomic E-state index is 0.0813. The summed E-state index contributed by atoms with van der Waals surface area (Å²) in [5, 5.41) is 11.0. The van der Waals surface area contributed by atoms with Gasteiger partial charge >= 0.3 is 0 Å². The molecule has 1 N–H and O–H groups in total. The van der Waals surface area contributed by atoms with Crippen LogP contribution in [0.5, 0.6) is 0 Å². The highest BCUT2D eigenvalue weighted by Crippen LogP contribution is 2.73. The van der Waals surface area contributed by atoms with Crippen molar-refractivity contribution in [1.29, 1.82) is 0 Å². The summed E-state index contributed by atoms with van der Waals surface area (Å²) < 4.78 is 6.11. The van der Waals surface area contributed by atoms with Gasteiger partial charge in [0.25, 0.3) is 0 Å². The summed E-state index contributed by atoms with van der Waals surface area (Å²) in [6.07, 6.45) is 8.38. The first-order valence-corrected chi connectivity index (χ1v) is 9.68. The van der Waals surface area contributed by atoms with Gasteiger partial charge in [-0.3, -0.25) is 4.79 Å². The normalized spacial score (nSPS) is 63.7. The highest BCUT2D eigenvalue weighted by molar-refractivity contribution is 5.88. The molecule has 3 nitrogen and oxygen atoms in total. The molecule has 4 saturated carbocycles. The number of hydrogen-bond acceptors (Lipinski definition) is 3. The van der Waals surface area contributed by atoms with Gasteiger partial charge in [0.15, 0.2) is 5.78 Å². The minimum atomic E-state index is -0.500. The molecule has 5 rings (SSSR count). The molecule has 1 saturated heterocycles. The second-order valence-electron chi connectivity index (χ2n) is 9.96. The van der Waals surface area contributed by atoms with Gasteiger partial charge in [0, 0.05) is 11.8 Å². The second kappa shape index (κ2) is 4.04. The number of ether oxygens (including phenoxy) is 1. The predicted molar refractivity (Wildman–Crippen MR) is 86.9 cm³/mol. The molecule has 5 aliphatic rings. The lowest BCUT2D eigenvalue weighted by Gasteiger charge is -2.60. The van der Waals surface area contributed by atoms with Crippen LogP contribution in [0.4, 0.5) is 0 Å². The largest absolute Gasteiger partial charge is 0.390 e. The van der Waals surface area contributed by atoms with Crippen LogP contribution in [-0.2, 0) is 9.53 Å². The Morgan fingerprint density at radius 3 is 2.43 bits per heavy atom. The molecule has 4 aliphatic carbocycles. The van der Waals surface area contributed by atoms with Crippen molar-refractivity contribution >= 4 is 5.78 Å². The summed E-state index contributed by atoms with van der Waals surface area (Å²) in [6.45, 7) is 6.83. The van der Waals surface area contributed by atoms with E-state index < -0.39 is 5.60 Å². The molecule has 0 radical (unpaired) electrons. The number of rotatable bonds is 0. The molecule has 0 aromatic rings. The van der Waals surface area contributed by atoms with E-state index in [-0.39, 0.29) is 22.5 Å². The molecule has 0 amide bonds. The van der Waals surface area contributed by atoms with Crippen molar-refractivity contribution < 1.29 is 14.6 Å². The average Bonchev–Trinajstić information content (AvgIpc) is 3.19. The molecule has 128 valence electrons. The van der Waals surface area contributed by atoms with Crippen LogP contribution in [-0.4, -0.2) is 28.2 Å². The Hall–Kier alpha value is -0.410. The molecule has 0 aromatic carbocycles. The topological polar surface area (TPSA) is 49.8 Å².